The maximum Gasteiger partial charge on any atom is 0.0558 e. The molecule has 1 saturated heterocycles. The van der Waals surface area contributed by atoms with Crippen LogP contribution in [0.2, 0.25) is 0 Å². The van der Waals surface area contributed by atoms with Crippen molar-refractivity contribution in [3.8, 4) is 0 Å². The topological polar surface area (TPSA) is 23.5 Å². The summed E-state index contributed by atoms with van der Waals surface area (Å²) in [5.74, 6) is 0.888. The SMILES string of the molecule is C[C@@H]1CCCN(CCO)CC1. The summed E-state index contributed by atoms with van der Waals surface area (Å²) in [6, 6.07) is 0. The minimum absolute atomic E-state index is 0.314. The second kappa shape index (κ2) is 4.73. The number of β-amino-alcohol motifs (C(OH)–C–C–N with tert-alkyl or cyclic N) is 1. The van der Waals surface area contributed by atoms with Crippen molar-refractivity contribution in [2.45, 2.75) is 26.2 Å². The molecule has 1 rings (SSSR count). The summed E-state index contributed by atoms with van der Waals surface area (Å²) in [5, 5.41) is 8.73. The number of aliphatic hydroxyl groups is 1. The van der Waals surface area contributed by atoms with Gasteiger partial charge in [0.1, 0.15) is 0 Å². The van der Waals surface area contributed by atoms with Crippen LogP contribution in [0.3, 0.4) is 0 Å². The molecule has 1 fully saturated rings. The van der Waals surface area contributed by atoms with Gasteiger partial charge in [0.15, 0.2) is 0 Å². The second-order valence-electron chi connectivity index (χ2n) is 3.60. The van der Waals surface area contributed by atoms with Gasteiger partial charge in [0.25, 0.3) is 0 Å². The Labute approximate surface area is 69.2 Å². The molecule has 1 aliphatic rings. The van der Waals surface area contributed by atoms with E-state index < -0.39 is 0 Å². The van der Waals surface area contributed by atoms with Crippen molar-refractivity contribution in [3.05, 3.63) is 0 Å². The summed E-state index contributed by atoms with van der Waals surface area (Å²) in [6.45, 7) is 5.87. The van der Waals surface area contributed by atoms with Gasteiger partial charge in [-0.05, 0) is 38.3 Å². The zero-order valence-corrected chi connectivity index (χ0v) is 7.42. The molecule has 0 spiro atoms. The van der Waals surface area contributed by atoms with Crippen LogP contribution in [-0.2, 0) is 0 Å². The fourth-order valence-electron chi connectivity index (χ4n) is 1.69. The first-order valence-corrected chi connectivity index (χ1v) is 4.66. The van der Waals surface area contributed by atoms with Gasteiger partial charge in [0, 0.05) is 6.54 Å². The fourth-order valence-corrected chi connectivity index (χ4v) is 1.69. The van der Waals surface area contributed by atoms with Crippen LogP contribution in [0.15, 0.2) is 0 Å². The van der Waals surface area contributed by atoms with Crippen LogP contribution in [0.25, 0.3) is 0 Å². The molecule has 0 amide bonds. The zero-order chi connectivity index (χ0) is 8.10. The van der Waals surface area contributed by atoms with Crippen LogP contribution in [0.1, 0.15) is 26.2 Å². The van der Waals surface area contributed by atoms with Crippen molar-refractivity contribution >= 4 is 0 Å². The molecule has 11 heavy (non-hydrogen) atoms. The van der Waals surface area contributed by atoms with Crippen molar-refractivity contribution in [1.82, 2.24) is 4.90 Å². The maximum absolute atomic E-state index is 8.73. The van der Waals surface area contributed by atoms with Crippen LogP contribution in [0.5, 0.6) is 0 Å². The Morgan fingerprint density at radius 2 is 2.18 bits per heavy atom. The van der Waals surface area contributed by atoms with E-state index in [1.807, 2.05) is 0 Å². The van der Waals surface area contributed by atoms with Gasteiger partial charge >= 0.3 is 0 Å². The van der Waals surface area contributed by atoms with E-state index in [2.05, 4.69) is 11.8 Å². The summed E-state index contributed by atoms with van der Waals surface area (Å²) in [4.78, 5) is 2.36. The average molecular weight is 157 g/mol. The van der Waals surface area contributed by atoms with Gasteiger partial charge in [0.05, 0.1) is 6.61 Å². The molecule has 0 aromatic rings. The van der Waals surface area contributed by atoms with Gasteiger partial charge in [-0.3, -0.25) is 0 Å². The van der Waals surface area contributed by atoms with E-state index in [0.717, 1.165) is 12.5 Å². The Balaban J connectivity index is 2.22. The molecule has 0 aromatic heterocycles. The lowest BCUT2D eigenvalue weighted by Crippen LogP contribution is -2.27. The van der Waals surface area contributed by atoms with E-state index in [1.54, 1.807) is 0 Å². The molecule has 0 aromatic carbocycles. The molecule has 2 nitrogen and oxygen atoms in total. The van der Waals surface area contributed by atoms with E-state index in [0.29, 0.717) is 6.61 Å². The van der Waals surface area contributed by atoms with Crippen molar-refractivity contribution in [1.29, 1.82) is 0 Å². The van der Waals surface area contributed by atoms with Crippen molar-refractivity contribution in [3.63, 3.8) is 0 Å². The van der Waals surface area contributed by atoms with E-state index in [9.17, 15) is 0 Å². The first kappa shape index (κ1) is 9.01. The number of nitrogens with zero attached hydrogens (tertiary/aromatic N) is 1. The van der Waals surface area contributed by atoms with E-state index in [-0.39, 0.29) is 0 Å². The van der Waals surface area contributed by atoms with Crippen LogP contribution in [0.4, 0.5) is 0 Å². The molecule has 66 valence electrons. The first-order valence-electron chi connectivity index (χ1n) is 4.66. The molecular weight excluding hydrogens is 138 g/mol. The summed E-state index contributed by atoms with van der Waals surface area (Å²) in [6.07, 6.45) is 3.98. The smallest absolute Gasteiger partial charge is 0.0558 e. The summed E-state index contributed by atoms with van der Waals surface area (Å²) >= 11 is 0. The zero-order valence-electron chi connectivity index (χ0n) is 7.42. The summed E-state index contributed by atoms with van der Waals surface area (Å²) in [5.41, 5.74) is 0. The van der Waals surface area contributed by atoms with Crippen LogP contribution in [-0.4, -0.2) is 36.2 Å². The lowest BCUT2D eigenvalue weighted by Gasteiger charge is -2.17. The third kappa shape index (κ3) is 3.21. The Morgan fingerprint density at radius 1 is 1.36 bits per heavy atom. The number of hydrogen-bond acceptors (Lipinski definition) is 2. The molecule has 0 saturated carbocycles. The predicted octanol–water partition coefficient (Wildman–Crippen LogP) is 1.10. The van der Waals surface area contributed by atoms with E-state index in [1.165, 1.54) is 32.4 Å². The Morgan fingerprint density at radius 3 is 2.91 bits per heavy atom. The molecule has 0 radical (unpaired) electrons. The lowest BCUT2D eigenvalue weighted by molar-refractivity contribution is 0.199. The van der Waals surface area contributed by atoms with Crippen LogP contribution in [0, 0.1) is 5.92 Å². The number of likely N-dealkylation sites (tertiary alicyclic amines) is 1. The molecule has 1 heterocycles. The van der Waals surface area contributed by atoms with Gasteiger partial charge in [-0.15, -0.1) is 0 Å². The van der Waals surface area contributed by atoms with Gasteiger partial charge in [-0.1, -0.05) is 6.92 Å². The quantitative estimate of drug-likeness (QED) is 0.649. The monoisotopic (exact) mass is 157 g/mol. The highest BCUT2D eigenvalue weighted by Crippen LogP contribution is 2.15. The van der Waals surface area contributed by atoms with Crippen LogP contribution < -0.4 is 0 Å². The Bertz CT molecular complexity index is 106. The molecule has 0 unspecified atom stereocenters. The Hall–Kier alpha value is -0.0800. The molecule has 0 aliphatic carbocycles. The first-order chi connectivity index (χ1) is 5.33. The maximum atomic E-state index is 8.73. The largest absolute Gasteiger partial charge is 0.395 e. The standard InChI is InChI=1S/C9H19NO/c1-9-3-2-5-10(6-4-9)7-8-11/h9,11H,2-8H2,1H3/t9-/m1/s1. The van der Waals surface area contributed by atoms with E-state index in [4.69, 9.17) is 5.11 Å². The van der Waals surface area contributed by atoms with Gasteiger partial charge in [0.2, 0.25) is 0 Å². The van der Waals surface area contributed by atoms with Gasteiger partial charge < -0.3 is 10.0 Å². The van der Waals surface area contributed by atoms with Crippen molar-refractivity contribution in [2.24, 2.45) is 5.92 Å². The predicted molar refractivity (Wildman–Crippen MR) is 46.5 cm³/mol. The third-order valence-electron chi connectivity index (χ3n) is 2.53. The highest BCUT2D eigenvalue weighted by molar-refractivity contribution is 4.66. The molecule has 1 aliphatic heterocycles. The number of rotatable bonds is 2. The number of hydrogen-bond donors (Lipinski definition) is 1. The fraction of sp³-hybridized carbons (Fsp3) is 1.00. The van der Waals surface area contributed by atoms with Crippen molar-refractivity contribution < 1.29 is 5.11 Å². The second-order valence-corrected chi connectivity index (χ2v) is 3.60. The molecular formula is C9H19NO. The third-order valence-corrected chi connectivity index (χ3v) is 2.53. The highest BCUT2D eigenvalue weighted by atomic mass is 16.3. The van der Waals surface area contributed by atoms with E-state index >= 15 is 0 Å². The summed E-state index contributed by atoms with van der Waals surface area (Å²) in [7, 11) is 0. The van der Waals surface area contributed by atoms with Gasteiger partial charge in [-0.25, -0.2) is 0 Å². The van der Waals surface area contributed by atoms with Gasteiger partial charge in [-0.2, -0.15) is 0 Å². The molecule has 2 heteroatoms. The normalized spacial score (nSPS) is 28.4. The average Bonchev–Trinajstić information content (AvgIpc) is 2.17. The lowest BCUT2D eigenvalue weighted by atomic mass is 10.0. The minimum Gasteiger partial charge on any atom is -0.395 e. The van der Waals surface area contributed by atoms with Crippen LogP contribution >= 0.6 is 0 Å². The summed E-state index contributed by atoms with van der Waals surface area (Å²) < 4.78 is 0. The number of aliphatic hydroxyl groups excluding tert-OH is 1. The molecule has 0 bridgehead atoms. The van der Waals surface area contributed by atoms with Crippen molar-refractivity contribution in [2.75, 3.05) is 26.2 Å². The minimum atomic E-state index is 0.314. The Kier molecular flexibility index (Phi) is 3.87. The molecule has 1 atom stereocenters. The molecule has 1 N–H and O–H groups in total. The highest BCUT2D eigenvalue weighted by Gasteiger charge is 2.12.